The fraction of sp³-hybridized carbons (Fsp3) is 0.533. The number of hydrogen-bond acceptors (Lipinski definition) is 4. The van der Waals surface area contributed by atoms with E-state index in [0.29, 0.717) is 25.5 Å². The van der Waals surface area contributed by atoms with E-state index >= 15 is 0 Å². The van der Waals surface area contributed by atoms with E-state index in [1.165, 1.54) is 6.26 Å². The third-order valence-electron chi connectivity index (χ3n) is 3.01. The Hall–Kier alpha value is -1.28. The maximum absolute atomic E-state index is 11.2. The number of sulfone groups is 1. The SMILES string of the molecule is CN=C(NCCOc1ccc(Br)cc1)NC(C)CCS(C)(=O)=O. The van der Waals surface area contributed by atoms with E-state index in [0.717, 1.165) is 10.2 Å². The summed E-state index contributed by atoms with van der Waals surface area (Å²) >= 11 is 3.37. The van der Waals surface area contributed by atoms with Gasteiger partial charge in [-0.3, -0.25) is 4.99 Å². The van der Waals surface area contributed by atoms with Crippen LogP contribution in [0.15, 0.2) is 33.7 Å². The molecule has 1 rings (SSSR count). The molecular formula is C15H24BrN3O3S. The molecule has 23 heavy (non-hydrogen) atoms. The van der Waals surface area contributed by atoms with Crippen molar-refractivity contribution >= 4 is 31.7 Å². The summed E-state index contributed by atoms with van der Waals surface area (Å²) in [5, 5.41) is 6.29. The average molecular weight is 406 g/mol. The van der Waals surface area contributed by atoms with Gasteiger partial charge in [-0.15, -0.1) is 0 Å². The van der Waals surface area contributed by atoms with Crippen LogP contribution < -0.4 is 15.4 Å². The molecule has 8 heteroatoms. The number of aliphatic imine (C=N–C) groups is 1. The molecule has 0 aliphatic heterocycles. The van der Waals surface area contributed by atoms with Crippen molar-refractivity contribution in [2.75, 3.05) is 32.2 Å². The Bertz CT molecular complexity index is 603. The number of nitrogens with one attached hydrogen (secondary N) is 2. The van der Waals surface area contributed by atoms with Crippen LogP contribution >= 0.6 is 15.9 Å². The van der Waals surface area contributed by atoms with Crippen molar-refractivity contribution in [1.82, 2.24) is 10.6 Å². The van der Waals surface area contributed by atoms with E-state index in [1.807, 2.05) is 31.2 Å². The zero-order chi connectivity index (χ0) is 17.3. The van der Waals surface area contributed by atoms with E-state index in [9.17, 15) is 8.42 Å². The molecule has 1 aromatic rings. The van der Waals surface area contributed by atoms with E-state index in [1.54, 1.807) is 7.05 Å². The minimum absolute atomic E-state index is 0.0170. The van der Waals surface area contributed by atoms with Gasteiger partial charge in [0.2, 0.25) is 0 Å². The summed E-state index contributed by atoms with van der Waals surface area (Å²) in [5.74, 6) is 1.59. The second-order valence-corrected chi connectivity index (χ2v) is 8.44. The molecule has 6 nitrogen and oxygen atoms in total. The summed E-state index contributed by atoms with van der Waals surface area (Å²) in [4.78, 5) is 4.11. The minimum Gasteiger partial charge on any atom is -0.492 e. The second kappa shape index (κ2) is 9.77. The van der Waals surface area contributed by atoms with Crippen molar-refractivity contribution in [3.63, 3.8) is 0 Å². The third kappa shape index (κ3) is 9.45. The first-order valence-electron chi connectivity index (χ1n) is 7.33. The number of guanidine groups is 1. The summed E-state index contributed by atoms with van der Waals surface area (Å²) in [6, 6.07) is 7.65. The smallest absolute Gasteiger partial charge is 0.191 e. The Morgan fingerprint density at radius 2 is 2.00 bits per heavy atom. The fourth-order valence-corrected chi connectivity index (χ4v) is 2.81. The van der Waals surface area contributed by atoms with Gasteiger partial charge in [0, 0.05) is 23.8 Å². The Labute approximate surface area is 146 Å². The monoisotopic (exact) mass is 405 g/mol. The molecule has 2 N–H and O–H groups in total. The Kier molecular flexibility index (Phi) is 8.40. The average Bonchev–Trinajstić information content (AvgIpc) is 2.49. The van der Waals surface area contributed by atoms with Crippen molar-refractivity contribution in [2.45, 2.75) is 19.4 Å². The van der Waals surface area contributed by atoms with Crippen LogP contribution in [0.3, 0.4) is 0 Å². The highest BCUT2D eigenvalue weighted by Crippen LogP contribution is 2.15. The van der Waals surface area contributed by atoms with Crippen LogP contribution in [0.5, 0.6) is 5.75 Å². The number of benzene rings is 1. The normalized spacial score (nSPS) is 13.5. The predicted molar refractivity (Wildman–Crippen MR) is 97.9 cm³/mol. The first-order chi connectivity index (χ1) is 10.8. The predicted octanol–water partition coefficient (Wildman–Crippen LogP) is 1.82. The van der Waals surface area contributed by atoms with Gasteiger partial charge in [0.05, 0.1) is 12.3 Å². The van der Waals surface area contributed by atoms with Crippen LogP contribution in [0, 0.1) is 0 Å². The molecule has 1 unspecified atom stereocenters. The maximum Gasteiger partial charge on any atom is 0.191 e. The van der Waals surface area contributed by atoms with Crippen molar-refractivity contribution < 1.29 is 13.2 Å². The number of halogens is 1. The molecule has 0 fully saturated rings. The van der Waals surface area contributed by atoms with Crippen LogP contribution in [0.2, 0.25) is 0 Å². The Balaban J connectivity index is 2.27. The highest BCUT2D eigenvalue weighted by molar-refractivity contribution is 9.10. The molecule has 130 valence electrons. The lowest BCUT2D eigenvalue weighted by Crippen LogP contribution is -2.44. The Morgan fingerprint density at radius 3 is 2.57 bits per heavy atom. The summed E-state index contributed by atoms with van der Waals surface area (Å²) < 4.78 is 28.9. The minimum atomic E-state index is -2.94. The molecule has 1 atom stereocenters. The summed E-state index contributed by atoms with van der Waals surface area (Å²) in [5.41, 5.74) is 0. The van der Waals surface area contributed by atoms with E-state index < -0.39 is 9.84 Å². The van der Waals surface area contributed by atoms with Gasteiger partial charge in [-0.25, -0.2) is 8.42 Å². The molecule has 0 spiro atoms. The number of hydrogen-bond donors (Lipinski definition) is 2. The first kappa shape index (κ1) is 19.8. The molecule has 0 radical (unpaired) electrons. The lowest BCUT2D eigenvalue weighted by Gasteiger charge is -2.17. The van der Waals surface area contributed by atoms with Gasteiger partial charge < -0.3 is 15.4 Å². The van der Waals surface area contributed by atoms with Gasteiger partial charge >= 0.3 is 0 Å². The van der Waals surface area contributed by atoms with E-state index in [-0.39, 0.29) is 11.8 Å². The number of nitrogens with zero attached hydrogens (tertiary/aromatic N) is 1. The molecule has 0 aromatic heterocycles. The standard InChI is InChI=1S/C15H24BrN3O3S/c1-12(8-11-23(3,20)21)19-15(17-2)18-9-10-22-14-6-4-13(16)5-7-14/h4-7,12H,8-11H2,1-3H3,(H2,17,18,19). The molecule has 0 saturated heterocycles. The molecule has 0 aliphatic rings. The van der Waals surface area contributed by atoms with Crippen LogP contribution in [0.1, 0.15) is 13.3 Å². The number of rotatable bonds is 8. The molecular weight excluding hydrogens is 382 g/mol. The van der Waals surface area contributed by atoms with Gasteiger partial charge in [0.25, 0.3) is 0 Å². The second-order valence-electron chi connectivity index (χ2n) is 5.27. The summed E-state index contributed by atoms with van der Waals surface area (Å²) in [6.45, 7) is 3.02. The maximum atomic E-state index is 11.2. The van der Waals surface area contributed by atoms with Crippen LogP contribution in [0.25, 0.3) is 0 Å². The summed E-state index contributed by atoms with van der Waals surface area (Å²) in [6.07, 6.45) is 1.78. The molecule has 1 aromatic carbocycles. The van der Waals surface area contributed by atoms with Crippen LogP contribution in [-0.2, 0) is 9.84 Å². The van der Waals surface area contributed by atoms with Gasteiger partial charge in [0.1, 0.15) is 22.2 Å². The molecule has 0 amide bonds. The third-order valence-corrected chi connectivity index (χ3v) is 4.51. The topological polar surface area (TPSA) is 79.8 Å². The van der Waals surface area contributed by atoms with Gasteiger partial charge in [-0.2, -0.15) is 0 Å². The Morgan fingerprint density at radius 1 is 1.35 bits per heavy atom. The quantitative estimate of drug-likeness (QED) is 0.391. The summed E-state index contributed by atoms with van der Waals surface area (Å²) in [7, 11) is -1.27. The van der Waals surface area contributed by atoms with Gasteiger partial charge in [0.15, 0.2) is 5.96 Å². The molecule has 0 bridgehead atoms. The van der Waals surface area contributed by atoms with Crippen LogP contribution in [-0.4, -0.2) is 52.6 Å². The van der Waals surface area contributed by atoms with Crippen molar-refractivity contribution in [3.8, 4) is 5.75 Å². The molecule has 0 aliphatic carbocycles. The lowest BCUT2D eigenvalue weighted by molar-refractivity contribution is 0.321. The van der Waals surface area contributed by atoms with E-state index in [2.05, 4.69) is 31.6 Å². The van der Waals surface area contributed by atoms with Crippen molar-refractivity contribution in [2.24, 2.45) is 4.99 Å². The van der Waals surface area contributed by atoms with Gasteiger partial charge in [-0.1, -0.05) is 15.9 Å². The van der Waals surface area contributed by atoms with Crippen LogP contribution in [0.4, 0.5) is 0 Å². The number of ether oxygens (including phenoxy) is 1. The van der Waals surface area contributed by atoms with Gasteiger partial charge in [-0.05, 0) is 37.6 Å². The lowest BCUT2D eigenvalue weighted by atomic mass is 10.3. The molecule has 0 saturated carbocycles. The van der Waals surface area contributed by atoms with E-state index in [4.69, 9.17) is 4.74 Å². The van der Waals surface area contributed by atoms with Crippen molar-refractivity contribution in [3.05, 3.63) is 28.7 Å². The molecule has 0 heterocycles. The first-order valence-corrected chi connectivity index (χ1v) is 10.2. The van der Waals surface area contributed by atoms with Crippen molar-refractivity contribution in [1.29, 1.82) is 0 Å². The zero-order valence-electron chi connectivity index (χ0n) is 13.7. The highest BCUT2D eigenvalue weighted by Gasteiger charge is 2.09. The zero-order valence-corrected chi connectivity index (χ0v) is 16.1. The fourth-order valence-electron chi connectivity index (χ4n) is 1.76. The highest BCUT2D eigenvalue weighted by atomic mass is 79.9. The largest absolute Gasteiger partial charge is 0.492 e.